The van der Waals surface area contributed by atoms with Crippen molar-refractivity contribution in [2.75, 3.05) is 19.6 Å². The lowest BCUT2D eigenvalue weighted by Crippen LogP contribution is -2.55. The third-order valence-electron chi connectivity index (χ3n) is 5.07. The molecule has 3 heterocycles. The van der Waals surface area contributed by atoms with Gasteiger partial charge in [-0.3, -0.25) is 4.79 Å². The topological polar surface area (TPSA) is 83.5 Å². The van der Waals surface area contributed by atoms with Crippen molar-refractivity contribution in [3.8, 4) is 10.6 Å². The first-order chi connectivity index (χ1) is 14.4. The third kappa shape index (κ3) is 4.00. The molecule has 4 rings (SSSR count). The Morgan fingerprint density at radius 3 is 2.47 bits per heavy atom. The second-order valence-corrected chi connectivity index (χ2v) is 10.5. The van der Waals surface area contributed by atoms with Crippen LogP contribution in [0, 0.1) is 6.92 Å². The molecule has 0 N–H and O–H groups in total. The van der Waals surface area contributed by atoms with Crippen LogP contribution in [0.2, 0.25) is 0 Å². The van der Waals surface area contributed by atoms with Crippen LogP contribution in [0.15, 0.2) is 58.8 Å². The molecular weight excluding hydrogens is 420 g/mol. The van der Waals surface area contributed by atoms with Crippen LogP contribution in [0.1, 0.15) is 23.0 Å². The van der Waals surface area contributed by atoms with E-state index in [4.69, 9.17) is 0 Å². The van der Waals surface area contributed by atoms with Gasteiger partial charge >= 0.3 is 0 Å². The van der Waals surface area contributed by atoms with Crippen LogP contribution in [0.5, 0.6) is 0 Å². The highest BCUT2D eigenvalue weighted by atomic mass is 32.2. The number of carbonyl (C=O) groups is 1. The van der Waals surface area contributed by atoms with E-state index in [2.05, 4.69) is 10.2 Å². The standard InChI is InChI=1S/C21H22N4O3S2/c1-15-8-9-18(23-22-15)19-10-11-20(29-19)30(27,28)25-13-12-24(14-16(25)2)21(26)17-6-4-3-5-7-17/h3-11,16H,12-14H2,1-2H3. The van der Waals surface area contributed by atoms with Gasteiger partial charge < -0.3 is 4.90 Å². The van der Waals surface area contributed by atoms with Gasteiger partial charge in [-0.25, -0.2) is 8.42 Å². The molecule has 0 bridgehead atoms. The number of piperazine rings is 1. The fraction of sp³-hybridized carbons (Fsp3) is 0.286. The van der Waals surface area contributed by atoms with Crippen molar-refractivity contribution >= 4 is 27.3 Å². The first-order valence-corrected chi connectivity index (χ1v) is 11.9. The molecule has 3 aromatic rings. The molecule has 1 aliphatic rings. The summed E-state index contributed by atoms with van der Waals surface area (Å²) in [4.78, 5) is 15.2. The molecule has 1 fully saturated rings. The molecule has 1 amide bonds. The molecule has 1 saturated heterocycles. The van der Waals surface area contributed by atoms with E-state index in [0.29, 0.717) is 24.3 Å². The van der Waals surface area contributed by atoms with Crippen molar-refractivity contribution in [1.82, 2.24) is 19.4 Å². The van der Waals surface area contributed by atoms with Crippen LogP contribution in [-0.2, 0) is 10.0 Å². The van der Waals surface area contributed by atoms with E-state index < -0.39 is 10.0 Å². The second kappa shape index (κ2) is 8.25. The second-order valence-electron chi connectivity index (χ2n) is 7.26. The van der Waals surface area contributed by atoms with Crippen LogP contribution < -0.4 is 0 Å². The van der Waals surface area contributed by atoms with E-state index in [1.54, 1.807) is 29.2 Å². The minimum absolute atomic E-state index is 0.0733. The molecule has 0 saturated carbocycles. The number of aryl methyl sites for hydroxylation is 1. The number of nitrogens with zero attached hydrogens (tertiary/aromatic N) is 4. The lowest BCUT2D eigenvalue weighted by Gasteiger charge is -2.38. The normalized spacial score (nSPS) is 17.8. The molecule has 1 unspecified atom stereocenters. The summed E-state index contributed by atoms with van der Waals surface area (Å²) in [6.45, 7) is 4.67. The van der Waals surface area contributed by atoms with Crippen molar-refractivity contribution in [3.05, 3.63) is 65.9 Å². The largest absolute Gasteiger partial charge is 0.336 e. The fourth-order valence-corrected chi connectivity index (χ4v) is 6.50. The predicted molar refractivity (Wildman–Crippen MR) is 116 cm³/mol. The number of benzene rings is 1. The van der Waals surface area contributed by atoms with Gasteiger partial charge in [-0.2, -0.15) is 9.40 Å². The van der Waals surface area contributed by atoms with E-state index in [1.165, 1.54) is 15.6 Å². The van der Waals surface area contributed by atoms with Crippen molar-refractivity contribution in [2.24, 2.45) is 0 Å². The van der Waals surface area contributed by atoms with E-state index in [-0.39, 0.29) is 22.7 Å². The Morgan fingerprint density at radius 1 is 1.03 bits per heavy atom. The molecule has 30 heavy (non-hydrogen) atoms. The number of rotatable bonds is 4. The van der Waals surface area contributed by atoms with Gasteiger partial charge in [0.1, 0.15) is 9.90 Å². The summed E-state index contributed by atoms with van der Waals surface area (Å²) in [5, 5.41) is 8.18. The van der Waals surface area contributed by atoms with Gasteiger partial charge in [0.25, 0.3) is 15.9 Å². The summed E-state index contributed by atoms with van der Waals surface area (Å²) >= 11 is 1.19. The Kier molecular flexibility index (Phi) is 5.68. The molecule has 0 radical (unpaired) electrons. The van der Waals surface area contributed by atoms with E-state index in [0.717, 1.165) is 10.6 Å². The van der Waals surface area contributed by atoms with Gasteiger partial charge in [-0.1, -0.05) is 18.2 Å². The maximum Gasteiger partial charge on any atom is 0.253 e. The smallest absolute Gasteiger partial charge is 0.253 e. The molecule has 0 spiro atoms. The van der Waals surface area contributed by atoms with Crippen LogP contribution in [-0.4, -0.2) is 59.4 Å². The summed E-state index contributed by atoms with van der Waals surface area (Å²) < 4.78 is 28.2. The average Bonchev–Trinajstić information content (AvgIpc) is 3.25. The Labute approximate surface area is 180 Å². The van der Waals surface area contributed by atoms with Gasteiger partial charge in [0, 0.05) is 31.2 Å². The lowest BCUT2D eigenvalue weighted by atomic mass is 10.1. The van der Waals surface area contributed by atoms with Gasteiger partial charge in [0.05, 0.1) is 10.6 Å². The Hall–Kier alpha value is -2.62. The summed E-state index contributed by atoms with van der Waals surface area (Å²) in [7, 11) is -3.65. The summed E-state index contributed by atoms with van der Waals surface area (Å²) in [6, 6.07) is 15.8. The molecule has 0 aliphatic carbocycles. The number of aromatic nitrogens is 2. The molecule has 1 aliphatic heterocycles. The Balaban J connectivity index is 1.50. The molecule has 1 aromatic carbocycles. The monoisotopic (exact) mass is 442 g/mol. The van der Waals surface area contributed by atoms with Gasteiger partial charge in [0.2, 0.25) is 0 Å². The maximum atomic E-state index is 13.2. The Morgan fingerprint density at radius 2 is 1.80 bits per heavy atom. The highest BCUT2D eigenvalue weighted by Crippen LogP contribution is 2.32. The number of carbonyl (C=O) groups excluding carboxylic acids is 1. The van der Waals surface area contributed by atoms with Crippen LogP contribution >= 0.6 is 11.3 Å². The van der Waals surface area contributed by atoms with Crippen LogP contribution in [0.4, 0.5) is 0 Å². The van der Waals surface area contributed by atoms with Crippen molar-refractivity contribution in [1.29, 1.82) is 0 Å². The first-order valence-electron chi connectivity index (χ1n) is 9.63. The summed E-state index contributed by atoms with van der Waals surface area (Å²) in [5.41, 5.74) is 2.07. The molecule has 156 valence electrons. The molecule has 9 heteroatoms. The highest BCUT2D eigenvalue weighted by Gasteiger charge is 2.36. The third-order valence-corrected chi connectivity index (χ3v) is 8.66. The quantitative estimate of drug-likeness (QED) is 0.620. The van der Waals surface area contributed by atoms with Gasteiger partial charge in [-0.05, 0) is 50.2 Å². The van der Waals surface area contributed by atoms with Crippen LogP contribution in [0.3, 0.4) is 0 Å². The first kappa shape index (κ1) is 20.6. The lowest BCUT2D eigenvalue weighted by molar-refractivity contribution is 0.0642. The maximum absolute atomic E-state index is 13.2. The molecular formula is C21H22N4O3S2. The van der Waals surface area contributed by atoms with Crippen molar-refractivity contribution < 1.29 is 13.2 Å². The number of thiophene rings is 1. The number of sulfonamides is 1. The highest BCUT2D eigenvalue weighted by molar-refractivity contribution is 7.91. The van der Waals surface area contributed by atoms with Crippen molar-refractivity contribution in [3.63, 3.8) is 0 Å². The minimum Gasteiger partial charge on any atom is -0.336 e. The van der Waals surface area contributed by atoms with Gasteiger partial charge in [0.15, 0.2) is 0 Å². The zero-order valence-corrected chi connectivity index (χ0v) is 18.4. The zero-order valence-electron chi connectivity index (χ0n) is 16.7. The van der Waals surface area contributed by atoms with E-state index in [1.807, 2.05) is 44.2 Å². The fourth-order valence-electron chi connectivity index (χ4n) is 3.49. The SMILES string of the molecule is Cc1ccc(-c2ccc(S(=O)(=O)N3CCN(C(=O)c4ccccc4)CC3C)s2)nn1. The number of hydrogen-bond acceptors (Lipinski definition) is 6. The average molecular weight is 443 g/mol. The molecule has 1 atom stereocenters. The van der Waals surface area contributed by atoms with Crippen LogP contribution in [0.25, 0.3) is 10.6 Å². The predicted octanol–water partition coefficient (Wildman–Crippen LogP) is 3.05. The number of hydrogen-bond donors (Lipinski definition) is 0. The van der Waals surface area contributed by atoms with Crippen molar-refractivity contribution in [2.45, 2.75) is 24.1 Å². The molecule has 7 nitrogen and oxygen atoms in total. The van der Waals surface area contributed by atoms with E-state index in [9.17, 15) is 13.2 Å². The summed E-state index contributed by atoms with van der Waals surface area (Å²) in [5.74, 6) is -0.0733. The molecule has 2 aromatic heterocycles. The van der Waals surface area contributed by atoms with Gasteiger partial charge in [-0.15, -0.1) is 16.4 Å². The summed E-state index contributed by atoms with van der Waals surface area (Å²) in [6.07, 6.45) is 0. The minimum atomic E-state index is -3.65. The van der Waals surface area contributed by atoms with E-state index >= 15 is 0 Å². The number of amides is 1. The zero-order chi connectivity index (χ0) is 21.3. The Bertz CT molecular complexity index is 1140.